The molecule has 0 saturated carbocycles. The third-order valence-corrected chi connectivity index (χ3v) is 3.63. The molecule has 8 nitrogen and oxygen atoms in total. The molecule has 2 N–H and O–H groups in total. The van der Waals surface area contributed by atoms with E-state index in [9.17, 15) is 9.90 Å². The zero-order chi connectivity index (χ0) is 15.0. The van der Waals surface area contributed by atoms with E-state index in [1.807, 2.05) is 0 Å². The van der Waals surface area contributed by atoms with Crippen LogP contribution >= 0.6 is 11.6 Å². The molecule has 1 saturated heterocycles. The second-order valence-corrected chi connectivity index (χ2v) is 5.10. The van der Waals surface area contributed by atoms with Crippen LogP contribution in [0, 0.1) is 0 Å². The van der Waals surface area contributed by atoms with E-state index >= 15 is 0 Å². The quantitative estimate of drug-likeness (QED) is 0.798. The Kier molecular flexibility index (Phi) is 3.56. The Bertz CT molecular complexity index is 676. The van der Waals surface area contributed by atoms with Crippen molar-refractivity contribution in [3.8, 4) is 0 Å². The highest BCUT2D eigenvalue weighted by Gasteiger charge is 2.31. The number of rotatable bonds is 2. The molecule has 1 fully saturated rings. The molecule has 9 heteroatoms. The maximum atomic E-state index is 11.1. The monoisotopic (exact) mass is 312 g/mol. The van der Waals surface area contributed by atoms with Crippen molar-refractivity contribution in [2.24, 2.45) is 0 Å². The SMILES string of the molecule is O=C(O)N1CCN(c2nc3nc(Cl)ccc3o2)CC1CO. The Balaban J connectivity index is 1.84. The van der Waals surface area contributed by atoms with Crippen molar-refractivity contribution >= 4 is 34.9 Å². The number of piperazine rings is 1. The lowest BCUT2D eigenvalue weighted by atomic mass is 10.2. The first-order valence-electron chi connectivity index (χ1n) is 6.37. The number of aliphatic hydroxyl groups is 1. The minimum Gasteiger partial charge on any atom is -0.465 e. The van der Waals surface area contributed by atoms with Crippen LogP contribution in [0.2, 0.25) is 5.15 Å². The maximum absolute atomic E-state index is 11.1. The lowest BCUT2D eigenvalue weighted by molar-refractivity contribution is 0.0900. The molecule has 1 amide bonds. The van der Waals surface area contributed by atoms with Crippen molar-refractivity contribution in [2.75, 3.05) is 31.1 Å². The zero-order valence-corrected chi connectivity index (χ0v) is 11.7. The first-order chi connectivity index (χ1) is 10.1. The summed E-state index contributed by atoms with van der Waals surface area (Å²) in [5.74, 6) is 0. The molecule has 3 heterocycles. The van der Waals surface area contributed by atoms with Crippen molar-refractivity contribution in [3.63, 3.8) is 0 Å². The standard InChI is InChI=1S/C12H13ClN4O4/c13-9-2-1-8-10(14-9)15-11(21-8)16-3-4-17(12(19)20)7(5-16)6-18/h1-2,7,18H,3-6H2,(H,19,20). The van der Waals surface area contributed by atoms with Gasteiger partial charge in [0.15, 0.2) is 5.58 Å². The van der Waals surface area contributed by atoms with Gasteiger partial charge in [-0.1, -0.05) is 11.6 Å². The number of aromatic nitrogens is 2. The van der Waals surface area contributed by atoms with Crippen molar-refractivity contribution in [3.05, 3.63) is 17.3 Å². The molecule has 1 unspecified atom stereocenters. The molecule has 0 aliphatic carbocycles. The van der Waals surface area contributed by atoms with Crippen LogP contribution in [0.3, 0.4) is 0 Å². The Morgan fingerprint density at radius 3 is 2.95 bits per heavy atom. The molecule has 0 radical (unpaired) electrons. The molecule has 3 rings (SSSR count). The molecule has 0 aromatic carbocycles. The van der Waals surface area contributed by atoms with Crippen LogP contribution in [0.5, 0.6) is 0 Å². The smallest absolute Gasteiger partial charge is 0.407 e. The van der Waals surface area contributed by atoms with Crippen molar-refractivity contribution in [1.82, 2.24) is 14.9 Å². The number of nitrogens with zero attached hydrogens (tertiary/aromatic N) is 4. The highest BCUT2D eigenvalue weighted by Crippen LogP contribution is 2.24. The molecule has 112 valence electrons. The van der Waals surface area contributed by atoms with E-state index in [2.05, 4.69) is 9.97 Å². The maximum Gasteiger partial charge on any atom is 0.407 e. The largest absolute Gasteiger partial charge is 0.465 e. The number of carbonyl (C=O) groups is 1. The molecule has 1 aliphatic rings. The molecular formula is C12H13ClN4O4. The molecule has 21 heavy (non-hydrogen) atoms. The van der Waals surface area contributed by atoms with Gasteiger partial charge in [0, 0.05) is 19.6 Å². The van der Waals surface area contributed by atoms with Gasteiger partial charge in [-0.2, -0.15) is 4.98 Å². The van der Waals surface area contributed by atoms with Crippen LogP contribution in [0.15, 0.2) is 16.5 Å². The van der Waals surface area contributed by atoms with Gasteiger partial charge in [0.25, 0.3) is 6.01 Å². The van der Waals surface area contributed by atoms with Crippen LogP contribution < -0.4 is 4.90 Å². The number of carboxylic acid groups (broad SMARTS) is 1. The Morgan fingerprint density at radius 1 is 1.43 bits per heavy atom. The van der Waals surface area contributed by atoms with Gasteiger partial charge in [-0.15, -0.1) is 0 Å². The molecule has 1 aliphatic heterocycles. The summed E-state index contributed by atoms with van der Waals surface area (Å²) in [4.78, 5) is 22.4. The van der Waals surface area contributed by atoms with Gasteiger partial charge in [0.05, 0.1) is 12.6 Å². The van der Waals surface area contributed by atoms with Crippen LogP contribution in [-0.2, 0) is 0 Å². The second kappa shape index (κ2) is 5.38. The van der Waals surface area contributed by atoms with E-state index in [-0.39, 0.29) is 13.2 Å². The number of halogens is 1. The summed E-state index contributed by atoms with van der Waals surface area (Å²) in [5, 5.41) is 18.7. The molecule has 1 atom stereocenters. The first kappa shape index (κ1) is 13.9. The average molecular weight is 313 g/mol. The van der Waals surface area contributed by atoms with E-state index in [1.54, 1.807) is 17.0 Å². The van der Waals surface area contributed by atoms with E-state index in [1.165, 1.54) is 4.90 Å². The number of hydrogen-bond acceptors (Lipinski definition) is 6. The summed E-state index contributed by atoms with van der Waals surface area (Å²) in [6, 6.07) is 3.13. The van der Waals surface area contributed by atoms with Gasteiger partial charge < -0.3 is 19.5 Å². The fraction of sp³-hybridized carbons (Fsp3) is 0.417. The predicted molar refractivity (Wildman–Crippen MR) is 74.6 cm³/mol. The summed E-state index contributed by atoms with van der Waals surface area (Å²) in [6.45, 7) is 0.757. The number of amides is 1. The van der Waals surface area contributed by atoms with E-state index < -0.39 is 12.1 Å². The van der Waals surface area contributed by atoms with E-state index in [4.69, 9.17) is 21.1 Å². The van der Waals surface area contributed by atoms with E-state index in [0.717, 1.165) is 0 Å². The van der Waals surface area contributed by atoms with Crippen LogP contribution in [0.4, 0.5) is 10.8 Å². The number of anilines is 1. The normalized spacial score (nSPS) is 19.2. The fourth-order valence-electron chi connectivity index (χ4n) is 2.36. The topological polar surface area (TPSA) is 103 Å². The number of pyridine rings is 1. The Morgan fingerprint density at radius 2 is 2.24 bits per heavy atom. The van der Waals surface area contributed by atoms with Gasteiger partial charge in [0.2, 0.25) is 5.65 Å². The minimum atomic E-state index is -1.04. The lowest BCUT2D eigenvalue weighted by Gasteiger charge is -2.38. The van der Waals surface area contributed by atoms with Crippen molar-refractivity contribution in [1.29, 1.82) is 0 Å². The fourth-order valence-corrected chi connectivity index (χ4v) is 2.50. The van der Waals surface area contributed by atoms with Crippen LogP contribution in [0.1, 0.15) is 0 Å². The summed E-state index contributed by atoms with van der Waals surface area (Å²) in [7, 11) is 0. The molecule has 0 spiro atoms. The third-order valence-electron chi connectivity index (χ3n) is 3.42. The molecular weight excluding hydrogens is 300 g/mol. The van der Waals surface area contributed by atoms with Gasteiger partial charge in [0.1, 0.15) is 5.15 Å². The van der Waals surface area contributed by atoms with Crippen molar-refractivity contribution < 1.29 is 19.4 Å². The van der Waals surface area contributed by atoms with Crippen LogP contribution in [-0.4, -0.2) is 63.5 Å². The van der Waals surface area contributed by atoms with Crippen molar-refractivity contribution in [2.45, 2.75) is 6.04 Å². The number of fused-ring (bicyclic) bond motifs is 1. The summed E-state index contributed by atoms with van der Waals surface area (Å²) >= 11 is 5.80. The predicted octanol–water partition coefficient (Wildman–Crippen LogP) is 1.04. The van der Waals surface area contributed by atoms with E-state index in [0.29, 0.717) is 35.5 Å². The highest BCUT2D eigenvalue weighted by molar-refractivity contribution is 6.29. The van der Waals surface area contributed by atoms with Gasteiger partial charge in [-0.05, 0) is 12.1 Å². The number of hydrogen-bond donors (Lipinski definition) is 2. The van der Waals surface area contributed by atoms with Gasteiger partial charge in [-0.3, -0.25) is 4.90 Å². The summed E-state index contributed by atoms with van der Waals surface area (Å²) in [6.07, 6.45) is -1.04. The second-order valence-electron chi connectivity index (χ2n) is 4.71. The molecule has 2 aromatic rings. The number of aliphatic hydroxyl groups excluding tert-OH is 1. The van der Waals surface area contributed by atoms with Gasteiger partial charge in [-0.25, -0.2) is 9.78 Å². The first-order valence-corrected chi connectivity index (χ1v) is 6.74. The Labute approximate surface area is 124 Å². The zero-order valence-electron chi connectivity index (χ0n) is 10.9. The average Bonchev–Trinajstić information content (AvgIpc) is 2.89. The van der Waals surface area contributed by atoms with Gasteiger partial charge >= 0.3 is 6.09 Å². The minimum absolute atomic E-state index is 0.257. The third kappa shape index (κ3) is 2.59. The van der Waals surface area contributed by atoms with Crippen LogP contribution in [0.25, 0.3) is 11.2 Å². The number of oxazole rings is 1. The highest BCUT2D eigenvalue weighted by atomic mass is 35.5. The molecule has 2 aromatic heterocycles. The Hall–Kier alpha value is -2.06. The summed E-state index contributed by atoms with van der Waals surface area (Å²) in [5.41, 5.74) is 0.911. The molecule has 0 bridgehead atoms. The lowest BCUT2D eigenvalue weighted by Crippen LogP contribution is -2.56. The summed E-state index contributed by atoms with van der Waals surface area (Å²) < 4.78 is 5.60.